The van der Waals surface area contributed by atoms with Gasteiger partial charge < -0.3 is 15.4 Å². The largest absolute Gasteiger partial charge is 0.473 e. The number of hydrogen-bond donors (Lipinski definition) is 2. The van der Waals surface area contributed by atoms with Crippen molar-refractivity contribution < 1.29 is 9.13 Å². The third-order valence-electron chi connectivity index (χ3n) is 4.67. The molecule has 2 N–H and O–H groups in total. The van der Waals surface area contributed by atoms with Crippen LogP contribution in [0.3, 0.4) is 0 Å². The van der Waals surface area contributed by atoms with E-state index in [1.807, 2.05) is 6.92 Å². The first-order chi connectivity index (χ1) is 13.2. The molecule has 3 rings (SSSR count). The molecule has 1 aliphatic heterocycles. The van der Waals surface area contributed by atoms with Crippen molar-refractivity contribution in [1.29, 1.82) is 5.26 Å². The van der Waals surface area contributed by atoms with Gasteiger partial charge in [0.1, 0.15) is 22.8 Å². The van der Waals surface area contributed by atoms with E-state index in [4.69, 9.17) is 16.3 Å². The van der Waals surface area contributed by atoms with Gasteiger partial charge in [-0.05, 0) is 46.7 Å². The molecule has 10 heteroatoms. The molecule has 28 heavy (non-hydrogen) atoms. The lowest BCUT2D eigenvalue weighted by molar-refractivity contribution is 0.0520. The molecule has 0 saturated carbocycles. The van der Waals surface area contributed by atoms with Gasteiger partial charge in [0.25, 0.3) is 0 Å². The molecule has 150 valence electrons. The Morgan fingerprint density at radius 2 is 2.18 bits per heavy atom. The number of ether oxygens (including phenoxy) is 1. The molecule has 0 amide bonds. The SMILES string of the molecule is Cc1nn(C(C)(C)C#N)cc1Nc1ncc(Cl)c(OCC2(F)CCNCC2)n1. The van der Waals surface area contributed by atoms with Gasteiger partial charge >= 0.3 is 0 Å². The summed E-state index contributed by atoms with van der Waals surface area (Å²) in [5.41, 5.74) is -0.851. The third-order valence-corrected chi connectivity index (χ3v) is 4.93. The molecule has 2 aromatic heterocycles. The number of alkyl halides is 1. The van der Waals surface area contributed by atoms with Crippen LogP contribution in [0.2, 0.25) is 5.02 Å². The van der Waals surface area contributed by atoms with Crippen molar-refractivity contribution in [2.24, 2.45) is 0 Å². The highest BCUT2D eigenvalue weighted by molar-refractivity contribution is 6.31. The second-order valence-corrected chi connectivity index (χ2v) is 7.81. The molecule has 1 fully saturated rings. The summed E-state index contributed by atoms with van der Waals surface area (Å²) in [4.78, 5) is 8.39. The van der Waals surface area contributed by atoms with Crippen molar-refractivity contribution in [2.45, 2.75) is 44.8 Å². The summed E-state index contributed by atoms with van der Waals surface area (Å²) in [6, 6.07) is 2.19. The number of rotatable bonds is 6. The third kappa shape index (κ3) is 4.51. The fraction of sp³-hybridized carbons (Fsp3) is 0.556. The maximum absolute atomic E-state index is 14.7. The highest BCUT2D eigenvalue weighted by Crippen LogP contribution is 2.29. The molecule has 0 radical (unpaired) electrons. The van der Waals surface area contributed by atoms with Gasteiger partial charge in [0, 0.05) is 0 Å². The lowest BCUT2D eigenvalue weighted by Crippen LogP contribution is -2.42. The minimum absolute atomic E-state index is 0.113. The minimum Gasteiger partial charge on any atom is -0.473 e. The summed E-state index contributed by atoms with van der Waals surface area (Å²) in [6.07, 6.45) is 3.88. The zero-order valence-corrected chi connectivity index (χ0v) is 16.8. The molecule has 8 nitrogen and oxygen atoms in total. The molecule has 0 unspecified atom stereocenters. The average molecular weight is 408 g/mol. The zero-order valence-electron chi connectivity index (χ0n) is 16.1. The number of anilines is 2. The van der Waals surface area contributed by atoms with Crippen LogP contribution in [-0.2, 0) is 5.54 Å². The second-order valence-electron chi connectivity index (χ2n) is 7.40. The predicted molar refractivity (Wildman–Crippen MR) is 104 cm³/mol. The maximum Gasteiger partial charge on any atom is 0.237 e. The predicted octanol–water partition coefficient (Wildman–Crippen LogP) is 3.11. The van der Waals surface area contributed by atoms with Gasteiger partial charge in [0.15, 0.2) is 0 Å². The molecular weight excluding hydrogens is 385 g/mol. The van der Waals surface area contributed by atoms with E-state index < -0.39 is 11.2 Å². The van der Waals surface area contributed by atoms with Gasteiger partial charge in [-0.25, -0.2) is 9.37 Å². The number of nitriles is 1. The standard InChI is InChI=1S/C18H23ClFN7O/c1-12-14(9-27(26-12)17(2,3)10-21)24-16-23-8-13(19)15(25-16)28-11-18(20)4-6-22-7-5-18/h8-9,22H,4-7,11H2,1-3H3,(H,23,24,25). The van der Waals surface area contributed by atoms with E-state index in [9.17, 15) is 9.65 Å². The summed E-state index contributed by atoms with van der Waals surface area (Å²) in [5.74, 6) is 0.368. The van der Waals surface area contributed by atoms with Gasteiger partial charge in [0.2, 0.25) is 11.8 Å². The molecule has 0 spiro atoms. The van der Waals surface area contributed by atoms with Crippen LogP contribution in [0.1, 0.15) is 32.4 Å². The summed E-state index contributed by atoms with van der Waals surface area (Å²) >= 11 is 6.11. The van der Waals surface area contributed by atoms with E-state index in [-0.39, 0.29) is 23.5 Å². The van der Waals surface area contributed by atoms with Gasteiger partial charge in [0.05, 0.1) is 29.8 Å². The zero-order chi connectivity index (χ0) is 20.4. The summed E-state index contributed by atoms with van der Waals surface area (Å²) in [7, 11) is 0. The number of hydrogen-bond acceptors (Lipinski definition) is 7. The second kappa shape index (κ2) is 7.89. The molecule has 0 aliphatic carbocycles. The number of piperidine rings is 1. The fourth-order valence-corrected chi connectivity index (χ4v) is 2.92. The van der Waals surface area contributed by atoms with Gasteiger partial charge in [-0.1, -0.05) is 11.6 Å². The summed E-state index contributed by atoms with van der Waals surface area (Å²) in [6.45, 7) is 6.46. The number of nitrogens with one attached hydrogen (secondary N) is 2. The smallest absolute Gasteiger partial charge is 0.237 e. The first kappa shape index (κ1) is 20.3. The van der Waals surface area contributed by atoms with E-state index in [0.717, 1.165) is 0 Å². The molecular formula is C18H23ClFN7O. The Morgan fingerprint density at radius 3 is 2.86 bits per heavy atom. The Labute approximate surface area is 168 Å². The normalized spacial score (nSPS) is 16.4. The Hall–Kier alpha value is -2.44. The van der Waals surface area contributed by atoms with Crippen molar-refractivity contribution in [3.05, 3.63) is 23.1 Å². The Morgan fingerprint density at radius 1 is 1.46 bits per heavy atom. The first-order valence-electron chi connectivity index (χ1n) is 9.02. The van der Waals surface area contributed by atoms with Gasteiger partial charge in [-0.2, -0.15) is 15.3 Å². The van der Waals surface area contributed by atoms with Crippen molar-refractivity contribution in [3.8, 4) is 11.9 Å². The lowest BCUT2D eigenvalue weighted by Gasteiger charge is -2.29. The van der Waals surface area contributed by atoms with Gasteiger partial charge in [-0.15, -0.1) is 0 Å². The van der Waals surface area contributed by atoms with E-state index in [2.05, 4.69) is 31.8 Å². The molecule has 0 atom stereocenters. The molecule has 1 aliphatic rings. The Balaban J connectivity index is 1.74. The van der Waals surface area contributed by atoms with Crippen LogP contribution < -0.4 is 15.4 Å². The minimum atomic E-state index is -1.40. The van der Waals surface area contributed by atoms with Crippen LogP contribution in [0.25, 0.3) is 0 Å². The Kier molecular flexibility index (Phi) is 5.72. The van der Waals surface area contributed by atoms with Crippen LogP contribution in [0.5, 0.6) is 5.88 Å². The highest BCUT2D eigenvalue weighted by atomic mass is 35.5. The van der Waals surface area contributed by atoms with E-state index >= 15 is 0 Å². The van der Waals surface area contributed by atoms with E-state index in [1.54, 1.807) is 24.7 Å². The molecule has 2 aromatic rings. The van der Waals surface area contributed by atoms with E-state index in [1.165, 1.54) is 6.20 Å². The molecule has 0 bridgehead atoms. The summed E-state index contributed by atoms with van der Waals surface area (Å²) in [5, 5.41) is 20.0. The van der Waals surface area contributed by atoms with Gasteiger partial charge in [-0.3, -0.25) is 4.68 Å². The topological polar surface area (TPSA) is 101 Å². The number of nitrogens with zero attached hydrogens (tertiary/aromatic N) is 5. The summed E-state index contributed by atoms with van der Waals surface area (Å²) < 4.78 is 21.9. The fourth-order valence-electron chi connectivity index (χ4n) is 2.77. The number of halogens is 2. The number of aryl methyl sites for hydroxylation is 1. The van der Waals surface area contributed by atoms with Crippen molar-refractivity contribution in [2.75, 3.05) is 25.0 Å². The number of aromatic nitrogens is 4. The Bertz CT molecular complexity index is 887. The molecule has 1 saturated heterocycles. The van der Waals surface area contributed by atoms with E-state index in [0.29, 0.717) is 37.3 Å². The maximum atomic E-state index is 14.7. The van der Waals surface area contributed by atoms with Crippen LogP contribution in [-0.4, -0.2) is 45.1 Å². The van der Waals surface area contributed by atoms with Crippen LogP contribution >= 0.6 is 11.6 Å². The van der Waals surface area contributed by atoms with Crippen LogP contribution in [0.15, 0.2) is 12.4 Å². The molecule has 0 aromatic carbocycles. The van der Waals surface area contributed by atoms with Crippen LogP contribution in [0, 0.1) is 18.3 Å². The highest BCUT2D eigenvalue weighted by Gasteiger charge is 2.33. The molecule has 3 heterocycles. The lowest BCUT2D eigenvalue weighted by atomic mass is 9.96. The van der Waals surface area contributed by atoms with Crippen molar-refractivity contribution in [1.82, 2.24) is 25.1 Å². The quantitative estimate of drug-likeness (QED) is 0.758. The van der Waals surface area contributed by atoms with Crippen LogP contribution in [0.4, 0.5) is 16.0 Å². The monoisotopic (exact) mass is 407 g/mol. The van der Waals surface area contributed by atoms with Crippen molar-refractivity contribution in [3.63, 3.8) is 0 Å². The average Bonchev–Trinajstić information content (AvgIpc) is 3.04. The first-order valence-corrected chi connectivity index (χ1v) is 9.40. The van der Waals surface area contributed by atoms with Crippen molar-refractivity contribution >= 4 is 23.2 Å².